The van der Waals surface area contributed by atoms with Crippen molar-refractivity contribution in [2.75, 3.05) is 79.3 Å². The van der Waals surface area contributed by atoms with Gasteiger partial charge in [-0.1, -0.05) is 74.7 Å². The molecule has 4 saturated heterocycles. The fourth-order valence-electron chi connectivity index (χ4n) is 4.16. The van der Waals surface area contributed by atoms with Crippen molar-refractivity contribution >= 4 is 12.3 Å². The summed E-state index contributed by atoms with van der Waals surface area (Å²) in [4.78, 5) is 21.0. The molecule has 4 aliphatic heterocycles. The van der Waals surface area contributed by atoms with Crippen LogP contribution < -0.4 is 0 Å². The van der Waals surface area contributed by atoms with Gasteiger partial charge in [-0.05, 0) is 42.9 Å². The Kier molecular flexibility index (Phi) is 25.9. The molecule has 0 aromatic carbocycles. The number of cyclic esters (lactones) is 4. The van der Waals surface area contributed by atoms with E-state index in [1.807, 2.05) is 0 Å². The van der Waals surface area contributed by atoms with Crippen LogP contribution in [0.3, 0.4) is 0 Å². The van der Waals surface area contributed by atoms with Crippen molar-refractivity contribution in [2.24, 2.45) is 23.7 Å². The van der Waals surface area contributed by atoms with E-state index in [9.17, 15) is 9.59 Å². The van der Waals surface area contributed by atoms with Gasteiger partial charge in [0, 0.05) is 13.2 Å². The van der Waals surface area contributed by atoms with Crippen LogP contribution in [0.15, 0.2) is 0 Å². The fourth-order valence-corrected chi connectivity index (χ4v) is 4.16. The molecule has 0 spiro atoms. The summed E-state index contributed by atoms with van der Waals surface area (Å²) in [7, 11) is 0. The predicted molar refractivity (Wildman–Crippen MR) is 182 cm³/mol. The molecule has 284 valence electrons. The summed E-state index contributed by atoms with van der Waals surface area (Å²) < 4.78 is 50.2. The van der Waals surface area contributed by atoms with E-state index in [2.05, 4.69) is 64.9 Å². The lowest BCUT2D eigenvalue weighted by molar-refractivity contribution is 0.00612. The molecule has 4 unspecified atom stereocenters. The van der Waals surface area contributed by atoms with Gasteiger partial charge in [0.05, 0.1) is 59.0 Å². The Hall–Kier alpha value is -1.70. The van der Waals surface area contributed by atoms with Gasteiger partial charge in [-0.15, -0.1) is 0 Å². The van der Waals surface area contributed by atoms with Gasteiger partial charge in [-0.2, -0.15) is 0 Å². The topological polar surface area (TPSA) is 133 Å². The summed E-state index contributed by atoms with van der Waals surface area (Å²) in [6, 6.07) is 0. The minimum absolute atomic E-state index is 0.0104. The monoisotopic (exact) mass is 692 g/mol. The highest BCUT2D eigenvalue weighted by Gasteiger charge is 2.25. The van der Waals surface area contributed by atoms with E-state index in [-0.39, 0.29) is 18.8 Å². The zero-order valence-electron chi connectivity index (χ0n) is 31.2. The van der Waals surface area contributed by atoms with Crippen molar-refractivity contribution in [1.29, 1.82) is 0 Å². The van der Waals surface area contributed by atoms with Gasteiger partial charge < -0.3 is 47.4 Å². The molecule has 4 heterocycles. The molecule has 0 amide bonds. The van der Waals surface area contributed by atoms with Crippen LogP contribution in [0.4, 0.5) is 9.59 Å². The Labute approximate surface area is 290 Å². The molecule has 4 fully saturated rings. The zero-order chi connectivity index (χ0) is 35.6. The Bertz CT molecular complexity index is 775. The maximum atomic E-state index is 10.5. The summed E-state index contributed by atoms with van der Waals surface area (Å²) in [5.74, 6) is 2.73. The summed E-state index contributed by atoms with van der Waals surface area (Å²) >= 11 is 0. The quantitative estimate of drug-likeness (QED) is 0.0668. The second kappa shape index (κ2) is 28.0. The summed E-state index contributed by atoms with van der Waals surface area (Å²) in [6.45, 7) is 25.1. The number of carbonyl (C=O) groups excluding carboxylic acids is 2. The van der Waals surface area contributed by atoms with E-state index >= 15 is 0 Å². The lowest BCUT2D eigenvalue weighted by atomic mass is 10.0. The average Bonchev–Trinajstić information content (AvgIpc) is 3.94. The first-order chi connectivity index (χ1) is 22.9. The first-order valence-corrected chi connectivity index (χ1v) is 18.1. The second-order valence-corrected chi connectivity index (χ2v) is 14.2. The third kappa shape index (κ3) is 30.4. The number of rotatable bonds is 22. The van der Waals surface area contributed by atoms with Crippen molar-refractivity contribution in [3.05, 3.63) is 0 Å². The highest BCUT2D eigenvalue weighted by molar-refractivity contribution is 5.62. The van der Waals surface area contributed by atoms with Crippen LogP contribution in [0, 0.1) is 23.7 Å². The van der Waals surface area contributed by atoms with Gasteiger partial charge in [-0.25, -0.2) is 9.59 Å². The van der Waals surface area contributed by atoms with Crippen molar-refractivity contribution in [1.82, 2.24) is 0 Å². The van der Waals surface area contributed by atoms with Crippen molar-refractivity contribution < 1.29 is 57.0 Å². The molecule has 0 aromatic heterocycles. The van der Waals surface area contributed by atoms with E-state index in [4.69, 9.17) is 37.9 Å². The molecule has 0 bridgehead atoms. The molecule has 0 aliphatic carbocycles. The molecule has 4 aliphatic rings. The largest absolute Gasteiger partial charge is 0.508 e. The number of hydrogen-bond donors (Lipinski definition) is 0. The Balaban J connectivity index is 0.000000324. The Morgan fingerprint density at radius 3 is 1.29 bits per heavy atom. The van der Waals surface area contributed by atoms with Crippen LogP contribution in [0.5, 0.6) is 0 Å². The molecular weight excluding hydrogens is 624 g/mol. The predicted octanol–water partition coefficient (Wildman–Crippen LogP) is 6.85. The number of ether oxygens (including phenoxy) is 10. The minimum Gasteiger partial charge on any atom is -0.430 e. The number of carbonyl (C=O) groups is 2. The van der Waals surface area contributed by atoms with Crippen LogP contribution in [0.25, 0.3) is 0 Å². The van der Waals surface area contributed by atoms with Crippen LogP contribution in [0.2, 0.25) is 0 Å². The summed E-state index contributed by atoms with van der Waals surface area (Å²) in [6.07, 6.45) is 6.87. The van der Waals surface area contributed by atoms with E-state index in [1.54, 1.807) is 0 Å². The standard InChI is InChI=1S/C10H18O5.C9H18O3.C9H16O3.C8H16O/c1-8(2)5-12-3-4-13-6-9-7-14-10(11)15-9;1-8(2)5-10-3-4-11-6-9-7-12-9;1-7(2)4-3-5-8-6-11-9(10)12-8;1-7(2)4-3-5-8-6-9-8/h8-9H,3-7H2,1-2H3;8-9H,3-7H2,1-2H3;7-8H,3-6H2,1-2H3;7-8H,3-6H2,1-2H3. The molecule has 12 heteroatoms. The molecular formula is C36H68O12. The maximum absolute atomic E-state index is 10.5. The first-order valence-electron chi connectivity index (χ1n) is 18.1. The van der Waals surface area contributed by atoms with Gasteiger partial charge >= 0.3 is 12.3 Å². The molecule has 0 radical (unpaired) electrons. The SMILES string of the molecule is CC(C)CCCC1CO1.CC(C)CCCC1COC(=O)O1.CC(C)COCCOCC1CO1.CC(C)COCCOCC1COC(=O)O1. The van der Waals surface area contributed by atoms with Crippen molar-refractivity contribution in [2.45, 2.75) is 118 Å². The molecule has 12 nitrogen and oxygen atoms in total. The summed E-state index contributed by atoms with van der Waals surface area (Å²) in [5.41, 5.74) is 0. The number of hydrogen-bond acceptors (Lipinski definition) is 12. The van der Waals surface area contributed by atoms with Crippen LogP contribution in [-0.4, -0.2) is 116 Å². The minimum atomic E-state index is -0.611. The Morgan fingerprint density at radius 1 is 0.521 bits per heavy atom. The van der Waals surface area contributed by atoms with Gasteiger partial charge in [0.2, 0.25) is 0 Å². The highest BCUT2D eigenvalue weighted by Crippen LogP contribution is 2.18. The Morgan fingerprint density at radius 2 is 0.917 bits per heavy atom. The smallest absolute Gasteiger partial charge is 0.430 e. The molecule has 48 heavy (non-hydrogen) atoms. The van der Waals surface area contributed by atoms with Crippen LogP contribution in [-0.2, 0) is 47.4 Å². The van der Waals surface area contributed by atoms with E-state index in [0.717, 1.165) is 57.7 Å². The van der Waals surface area contributed by atoms with Crippen molar-refractivity contribution in [3.8, 4) is 0 Å². The van der Waals surface area contributed by atoms with Gasteiger partial charge in [-0.3, -0.25) is 0 Å². The van der Waals surface area contributed by atoms with E-state index in [1.165, 1.54) is 25.7 Å². The fraction of sp³-hybridized carbons (Fsp3) is 0.944. The van der Waals surface area contributed by atoms with Crippen molar-refractivity contribution in [3.63, 3.8) is 0 Å². The molecule has 0 aromatic rings. The normalized spacial score (nSPS) is 22.2. The molecule has 4 atom stereocenters. The molecule has 4 rings (SSSR count). The number of epoxide rings is 2. The maximum Gasteiger partial charge on any atom is 0.508 e. The molecule has 0 saturated carbocycles. The first kappa shape index (κ1) is 44.3. The third-order valence-electron chi connectivity index (χ3n) is 6.97. The molecule has 0 N–H and O–H groups in total. The lowest BCUT2D eigenvalue weighted by Gasteiger charge is -2.09. The van der Waals surface area contributed by atoms with Gasteiger partial charge in [0.1, 0.15) is 25.4 Å². The van der Waals surface area contributed by atoms with E-state index in [0.29, 0.717) is 63.7 Å². The second-order valence-electron chi connectivity index (χ2n) is 14.2. The third-order valence-corrected chi connectivity index (χ3v) is 6.97. The van der Waals surface area contributed by atoms with Crippen LogP contribution >= 0.6 is 0 Å². The van der Waals surface area contributed by atoms with Gasteiger partial charge in [0.25, 0.3) is 0 Å². The highest BCUT2D eigenvalue weighted by atomic mass is 16.8. The lowest BCUT2D eigenvalue weighted by Crippen LogP contribution is -2.20. The summed E-state index contributed by atoms with van der Waals surface area (Å²) in [5, 5.41) is 0. The van der Waals surface area contributed by atoms with Crippen LogP contribution in [0.1, 0.15) is 93.9 Å². The van der Waals surface area contributed by atoms with Gasteiger partial charge in [0.15, 0.2) is 6.10 Å². The average molecular weight is 693 g/mol. The van der Waals surface area contributed by atoms with E-state index < -0.39 is 12.3 Å². The zero-order valence-corrected chi connectivity index (χ0v) is 31.2.